The van der Waals surface area contributed by atoms with Crippen LogP contribution in [0.5, 0.6) is 0 Å². The molecule has 1 fully saturated rings. The van der Waals surface area contributed by atoms with Gasteiger partial charge in [-0.3, -0.25) is 4.98 Å². The smallest absolute Gasteiger partial charge is 0.136 e. The van der Waals surface area contributed by atoms with Crippen molar-refractivity contribution in [1.29, 1.82) is 0 Å². The number of hydrogen-bond donors (Lipinski definition) is 1. The van der Waals surface area contributed by atoms with Crippen molar-refractivity contribution < 1.29 is 5.11 Å². The summed E-state index contributed by atoms with van der Waals surface area (Å²) in [6, 6.07) is 2.53. The molecule has 0 aromatic carbocycles. The first kappa shape index (κ1) is 12.3. The van der Waals surface area contributed by atoms with Gasteiger partial charge in [-0.05, 0) is 24.3 Å². The molecule has 1 N–H and O–H groups in total. The van der Waals surface area contributed by atoms with E-state index in [0.29, 0.717) is 6.04 Å². The minimum Gasteiger partial charge on any atom is -0.388 e. The number of imidazole rings is 1. The second-order valence-corrected chi connectivity index (χ2v) is 6.39. The third kappa shape index (κ3) is 1.77. The van der Waals surface area contributed by atoms with E-state index in [-0.39, 0.29) is 6.61 Å². The minimum absolute atomic E-state index is 0.00194. The van der Waals surface area contributed by atoms with Crippen molar-refractivity contribution in [2.24, 2.45) is 0 Å². The molecule has 4 nitrogen and oxygen atoms in total. The van der Waals surface area contributed by atoms with Gasteiger partial charge < -0.3 is 9.67 Å². The molecule has 0 amide bonds. The predicted octanol–water partition coefficient (Wildman–Crippen LogP) is 3.64. The van der Waals surface area contributed by atoms with E-state index < -0.39 is 0 Å². The fourth-order valence-electron chi connectivity index (χ4n) is 3.37. The van der Waals surface area contributed by atoms with Gasteiger partial charge >= 0.3 is 0 Å². The van der Waals surface area contributed by atoms with Crippen LogP contribution < -0.4 is 0 Å². The van der Waals surface area contributed by atoms with E-state index in [0.717, 1.165) is 16.9 Å². The van der Waals surface area contributed by atoms with Gasteiger partial charge in [-0.2, -0.15) is 0 Å². The highest BCUT2D eigenvalue weighted by Gasteiger charge is 2.22. The first-order valence-corrected chi connectivity index (χ1v) is 8.10. The molecule has 3 aromatic heterocycles. The third-order valence-electron chi connectivity index (χ3n) is 4.28. The molecule has 3 aromatic rings. The van der Waals surface area contributed by atoms with Gasteiger partial charge in [0.15, 0.2) is 0 Å². The Morgan fingerprint density at radius 3 is 2.90 bits per heavy atom. The quantitative estimate of drug-likeness (QED) is 0.783. The van der Waals surface area contributed by atoms with Gasteiger partial charge in [-0.25, -0.2) is 4.98 Å². The van der Waals surface area contributed by atoms with Crippen LogP contribution in [0.3, 0.4) is 0 Å². The molecule has 1 aliphatic rings. The molecule has 1 saturated carbocycles. The van der Waals surface area contributed by atoms with Crippen LogP contribution >= 0.6 is 11.3 Å². The van der Waals surface area contributed by atoms with E-state index in [1.54, 1.807) is 11.3 Å². The molecule has 0 radical (unpaired) electrons. The second-order valence-electron chi connectivity index (χ2n) is 5.47. The zero-order valence-electron chi connectivity index (χ0n) is 11.2. The number of aromatic nitrogens is 3. The Kier molecular flexibility index (Phi) is 2.97. The fraction of sp³-hybridized carbons (Fsp3) is 0.467. The van der Waals surface area contributed by atoms with Crippen molar-refractivity contribution in [3.05, 3.63) is 23.5 Å². The van der Waals surface area contributed by atoms with Gasteiger partial charge in [0.1, 0.15) is 17.9 Å². The van der Waals surface area contributed by atoms with E-state index in [2.05, 4.69) is 26.0 Å². The predicted molar refractivity (Wildman–Crippen MR) is 81.0 cm³/mol. The lowest BCUT2D eigenvalue weighted by molar-refractivity contribution is 0.253. The van der Waals surface area contributed by atoms with E-state index in [1.807, 2.05) is 6.20 Å². The number of thiophene rings is 1. The maximum Gasteiger partial charge on any atom is 0.136 e. The Bertz CT molecular complexity index is 755. The molecule has 1 aliphatic carbocycles. The average Bonchev–Trinajstić information content (AvgIpc) is 3.11. The van der Waals surface area contributed by atoms with Gasteiger partial charge in [0, 0.05) is 6.04 Å². The summed E-state index contributed by atoms with van der Waals surface area (Å²) in [7, 11) is 0. The van der Waals surface area contributed by atoms with Gasteiger partial charge in [-0.1, -0.05) is 19.3 Å². The first-order chi connectivity index (χ1) is 9.88. The molecule has 0 atom stereocenters. The molecule has 20 heavy (non-hydrogen) atoms. The fourth-order valence-corrected chi connectivity index (χ4v) is 4.26. The summed E-state index contributed by atoms with van der Waals surface area (Å²) >= 11 is 1.71. The van der Waals surface area contributed by atoms with Gasteiger partial charge in [-0.15, -0.1) is 11.3 Å². The van der Waals surface area contributed by atoms with E-state index >= 15 is 0 Å². The molecular formula is C15H17N3OS. The summed E-state index contributed by atoms with van der Waals surface area (Å²) in [6.07, 6.45) is 8.08. The van der Waals surface area contributed by atoms with Crippen LogP contribution in [0.2, 0.25) is 0 Å². The van der Waals surface area contributed by atoms with Crippen LogP contribution in [0.15, 0.2) is 17.6 Å². The maximum absolute atomic E-state index is 9.67. The molecule has 3 heterocycles. The highest BCUT2D eigenvalue weighted by atomic mass is 32.1. The standard InChI is InChI=1S/C15H17N3OS/c19-9-13-17-12-8-16-11-6-7-20-15(11)14(12)18(13)10-4-2-1-3-5-10/h6-8,10,19H,1-5,9H2. The molecule has 0 aliphatic heterocycles. The number of pyridine rings is 1. The molecule has 0 saturated heterocycles. The summed E-state index contributed by atoms with van der Waals surface area (Å²) < 4.78 is 3.48. The Morgan fingerprint density at radius 2 is 2.10 bits per heavy atom. The number of hydrogen-bond acceptors (Lipinski definition) is 4. The van der Waals surface area contributed by atoms with Crippen molar-refractivity contribution in [3.8, 4) is 0 Å². The molecule has 0 unspecified atom stereocenters. The van der Waals surface area contributed by atoms with Crippen molar-refractivity contribution in [1.82, 2.24) is 14.5 Å². The zero-order chi connectivity index (χ0) is 13.5. The van der Waals surface area contributed by atoms with Gasteiger partial charge in [0.25, 0.3) is 0 Å². The van der Waals surface area contributed by atoms with Gasteiger partial charge in [0.2, 0.25) is 0 Å². The summed E-state index contributed by atoms with van der Waals surface area (Å²) in [5.41, 5.74) is 3.11. The van der Waals surface area contributed by atoms with Gasteiger partial charge in [0.05, 0.1) is 21.9 Å². The second kappa shape index (κ2) is 4.82. The van der Waals surface area contributed by atoms with Crippen LogP contribution in [0.4, 0.5) is 0 Å². The summed E-state index contributed by atoms with van der Waals surface area (Å²) in [6.45, 7) is -0.00194. The number of nitrogens with zero attached hydrogens (tertiary/aromatic N) is 3. The lowest BCUT2D eigenvalue weighted by Crippen LogP contribution is -2.15. The molecule has 5 heteroatoms. The van der Waals surface area contributed by atoms with Crippen molar-refractivity contribution >= 4 is 32.6 Å². The van der Waals surface area contributed by atoms with E-state index in [9.17, 15) is 5.11 Å². The van der Waals surface area contributed by atoms with Crippen molar-refractivity contribution in [2.75, 3.05) is 0 Å². The lowest BCUT2D eigenvalue weighted by Gasteiger charge is -2.25. The molecule has 0 bridgehead atoms. The topological polar surface area (TPSA) is 50.9 Å². The van der Waals surface area contributed by atoms with Crippen molar-refractivity contribution in [2.45, 2.75) is 44.8 Å². The molecule has 104 valence electrons. The van der Waals surface area contributed by atoms with Crippen LogP contribution in [0.25, 0.3) is 21.3 Å². The number of aliphatic hydroxyl groups excluding tert-OH is 1. The number of fused-ring (bicyclic) bond motifs is 3. The number of aliphatic hydroxyl groups is 1. The molecule has 0 spiro atoms. The van der Waals surface area contributed by atoms with Crippen LogP contribution in [0, 0.1) is 0 Å². The monoisotopic (exact) mass is 287 g/mol. The van der Waals surface area contributed by atoms with Crippen LogP contribution in [0.1, 0.15) is 44.0 Å². The maximum atomic E-state index is 9.67. The summed E-state index contributed by atoms with van der Waals surface area (Å²) in [5, 5.41) is 11.7. The Labute approximate surface area is 121 Å². The Balaban J connectivity index is 2.01. The highest BCUT2D eigenvalue weighted by molar-refractivity contribution is 7.18. The first-order valence-electron chi connectivity index (χ1n) is 7.22. The Morgan fingerprint density at radius 1 is 1.25 bits per heavy atom. The third-order valence-corrected chi connectivity index (χ3v) is 5.19. The van der Waals surface area contributed by atoms with Crippen LogP contribution in [-0.2, 0) is 6.61 Å². The average molecular weight is 287 g/mol. The van der Waals surface area contributed by atoms with Crippen LogP contribution in [-0.4, -0.2) is 19.6 Å². The summed E-state index contributed by atoms with van der Waals surface area (Å²) in [5.74, 6) is 0.787. The molecular weight excluding hydrogens is 270 g/mol. The Hall–Kier alpha value is -1.46. The largest absolute Gasteiger partial charge is 0.388 e. The van der Waals surface area contributed by atoms with E-state index in [4.69, 9.17) is 0 Å². The normalized spacial score (nSPS) is 17.2. The highest BCUT2D eigenvalue weighted by Crippen LogP contribution is 2.36. The molecule has 4 rings (SSSR count). The minimum atomic E-state index is -0.00194. The zero-order valence-corrected chi connectivity index (χ0v) is 12.1. The lowest BCUT2D eigenvalue weighted by atomic mass is 9.95. The SMILES string of the molecule is OCc1nc2cnc3ccsc3c2n1C1CCCCC1. The summed E-state index contributed by atoms with van der Waals surface area (Å²) in [4.78, 5) is 9.05. The van der Waals surface area contributed by atoms with E-state index in [1.165, 1.54) is 42.3 Å². The van der Waals surface area contributed by atoms with Crippen molar-refractivity contribution in [3.63, 3.8) is 0 Å². The number of rotatable bonds is 2.